The molecule has 0 saturated carbocycles. The van der Waals surface area contributed by atoms with Crippen LogP contribution in [0.15, 0.2) is 207 Å². The Labute approximate surface area is 463 Å². The molecule has 0 saturated heterocycles. The molecule has 8 aromatic carbocycles. The molecule has 0 N–H and O–H groups in total. The molecular formula is C70H64N4OPt-2. The van der Waals surface area contributed by atoms with E-state index in [1.165, 1.54) is 27.8 Å². The van der Waals surface area contributed by atoms with Crippen molar-refractivity contribution < 1.29 is 30.4 Å². The van der Waals surface area contributed by atoms with Crippen molar-refractivity contribution in [2.45, 2.75) is 90.9 Å². The Hall–Kier alpha value is -7.59. The van der Waals surface area contributed by atoms with E-state index in [1.54, 1.807) is 0 Å². The SMILES string of the molecule is CC(C)(C)c1ccnc(-n2c3[c-]c(Oc4[c-]c(-n5[c-][n+](-c6cc(-c7ccccc7)cc(C(C)(C)c7ccccc7)c6)cc5C(C)(C)c5ccccc5)cc(-c5ccccc5)c4)ccc3c3cc(C(C)(C)C)ccc32)c1.[Pt]. The van der Waals surface area contributed by atoms with Crippen LogP contribution >= 0.6 is 0 Å². The predicted octanol–water partition coefficient (Wildman–Crippen LogP) is 17.0. The van der Waals surface area contributed by atoms with Crippen molar-refractivity contribution >= 4 is 21.8 Å². The Balaban J connectivity index is 0.00000657. The number of ether oxygens (including phenoxy) is 1. The summed E-state index contributed by atoms with van der Waals surface area (Å²) in [6.45, 7) is 22.7. The molecule has 6 heteroatoms. The van der Waals surface area contributed by atoms with Crippen LogP contribution in [-0.2, 0) is 42.7 Å². The Morgan fingerprint density at radius 1 is 0.461 bits per heavy atom. The molecule has 11 rings (SSSR count). The topological polar surface area (TPSA) is 35.9 Å². The van der Waals surface area contributed by atoms with E-state index in [4.69, 9.17) is 9.72 Å². The zero-order chi connectivity index (χ0) is 52.3. The summed E-state index contributed by atoms with van der Waals surface area (Å²) in [5, 5.41) is 2.23. The number of hydrogen-bond acceptors (Lipinski definition) is 2. The second kappa shape index (κ2) is 20.2. The third kappa shape index (κ3) is 10.0. The summed E-state index contributed by atoms with van der Waals surface area (Å²) < 4.78 is 13.6. The molecule has 0 unspecified atom stereocenters. The third-order valence-electron chi connectivity index (χ3n) is 15.1. The fourth-order valence-corrected chi connectivity index (χ4v) is 10.4. The normalized spacial score (nSPS) is 12.2. The Morgan fingerprint density at radius 3 is 1.66 bits per heavy atom. The minimum Gasteiger partial charge on any atom is -0.510 e. The van der Waals surface area contributed by atoms with Gasteiger partial charge in [0.1, 0.15) is 5.82 Å². The molecule has 11 aromatic rings. The smallest absolute Gasteiger partial charge is 0.267 e. The monoisotopic (exact) mass is 1170 g/mol. The quantitative estimate of drug-likeness (QED) is 0.0956. The van der Waals surface area contributed by atoms with Crippen LogP contribution in [0.3, 0.4) is 0 Å². The molecule has 0 amide bonds. The minimum atomic E-state index is -0.471. The molecule has 0 aliphatic carbocycles. The van der Waals surface area contributed by atoms with Crippen LogP contribution < -0.4 is 9.30 Å². The van der Waals surface area contributed by atoms with E-state index in [9.17, 15) is 0 Å². The van der Waals surface area contributed by atoms with Gasteiger partial charge in [-0.2, -0.15) is 12.1 Å². The van der Waals surface area contributed by atoms with E-state index in [1.807, 2.05) is 12.3 Å². The summed E-state index contributed by atoms with van der Waals surface area (Å²) in [5.74, 6) is 1.97. The van der Waals surface area contributed by atoms with Crippen LogP contribution in [0, 0.1) is 18.5 Å². The van der Waals surface area contributed by atoms with E-state index >= 15 is 0 Å². The van der Waals surface area contributed by atoms with Crippen molar-refractivity contribution in [3.8, 4) is 50.9 Å². The molecule has 3 aromatic heterocycles. The standard InChI is InChI=1S/C70H64N4O.Pt/c1-67(2,3)54-31-34-63-62(42-54)61-33-32-59(45-64(61)74(63)66-43-55(35-36-71-66)68(4,5)6)75-60-40-51(49-25-17-12-18-26-49)39-58(44-60)73-47-72(46-65(73)70(9,10)53-29-21-14-22-30-53)57-38-50(48-23-15-11-16-24-48)37-56(41-57)69(7,8)52-27-19-13-20-28-52;/h11-43,46H,1-10H3;/q-2;. The van der Waals surface area contributed by atoms with Gasteiger partial charge in [0.15, 0.2) is 0 Å². The van der Waals surface area contributed by atoms with Crippen molar-refractivity contribution in [1.29, 1.82) is 0 Å². The van der Waals surface area contributed by atoms with Gasteiger partial charge in [-0.15, -0.1) is 35.2 Å². The Kier molecular flexibility index (Phi) is 13.8. The number of nitrogens with zero attached hydrogens (tertiary/aromatic N) is 4. The van der Waals surface area contributed by atoms with Crippen LogP contribution in [0.5, 0.6) is 11.5 Å². The minimum absolute atomic E-state index is 0. The van der Waals surface area contributed by atoms with Crippen LogP contribution in [0.25, 0.3) is 61.3 Å². The van der Waals surface area contributed by atoms with Crippen molar-refractivity contribution in [3.63, 3.8) is 0 Å². The first kappa shape index (κ1) is 51.9. The molecule has 0 radical (unpaired) electrons. The van der Waals surface area contributed by atoms with Crippen LogP contribution in [0.2, 0.25) is 0 Å². The largest absolute Gasteiger partial charge is 0.510 e. The van der Waals surface area contributed by atoms with Crippen LogP contribution in [0.1, 0.15) is 103 Å². The molecule has 0 fully saturated rings. The van der Waals surface area contributed by atoms with Crippen LogP contribution in [-0.4, -0.2) is 14.1 Å². The zero-order valence-corrected chi connectivity index (χ0v) is 47.4. The first-order chi connectivity index (χ1) is 35.9. The van der Waals surface area contributed by atoms with E-state index in [2.05, 4.69) is 296 Å². The maximum Gasteiger partial charge on any atom is 0.267 e. The maximum absolute atomic E-state index is 7.04. The average Bonchev–Trinajstić information content (AvgIpc) is 4.05. The van der Waals surface area contributed by atoms with E-state index < -0.39 is 5.41 Å². The van der Waals surface area contributed by atoms with E-state index in [-0.39, 0.29) is 37.3 Å². The third-order valence-corrected chi connectivity index (χ3v) is 15.1. The summed E-state index contributed by atoms with van der Waals surface area (Å²) in [6.07, 6.45) is 8.04. The Bertz CT molecular complexity index is 3860. The van der Waals surface area contributed by atoms with Crippen molar-refractivity contribution in [3.05, 3.63) is 258 Å². The number of pyridine rings is 1. The van der Waals surface area contributed by atoms with Gasteiger partial charge in [-0.3, -0.25) is 4.57 Å². The van der Waals surface area contributed by atoms with E-state index in [0.717, 1.165) is 66.9 Å². The van der Waals surface area contributed by atoms with Gasteiger partial charge in [0.2, 0.25) is 0 Å². The van der Waals surface area contributed by atoms with Gasteiger partial charge in [0.25, 0.3) is 6.33 Å². The number of rotatable bonds is 11. The summed E-state index contributed by atoms with van der Waals surface area (Å²) in [5.41, 5.74) is 14.4. The molecule has 0 atom stereocenters. The predicted molar refractivity (Wildman–Crippen MR) is 308 cm³/mol. The molecule has 3 heterocycles. The van der Waals surface area contributed by atoms with Gasteiger partial charge < -0.3 is 13.9 Å². The molecule has 0 aliphatic rings. The first-order valence-electron chi connectivity index (χ1n) is 26.1. The zero-order valence-electron chi connectivity index (χ0n) is 45.1. The summed E-state index contributed by atoms with van der Waals surface area (Å²) in [7, 11) is 0. The number of hydrogen-bond donors (Lipinski definition) is 0. The van der Waals surface area contributed by atoms with Gasteiger partial charge in [-0.1, -0.05) is 214 Å². The molecule has 382 valence electrons. The van der Waals surface area contributed by atoms with Crippen molar-refractivity contribution in [2.24, 2.45) is 0 Å². The number of fused-ring (bicyclic) bond motifs is 3. The van der Waals surface area contributed by atoms with Crippen molar-refractivity contribution in [1.82, 2.24) is 14.1 Å². The second-order valence-electron chi connectivity index (χ2n) is 23.1. The van der Waals surface area contributed by atoms with Gasteiger partial charge in [0.05, 0.1) is 11.4 Å². The van der Waals surface area contributed by atoms with Gasteiger partial charge >= 0.3 is 0 Å². The van der Waals surface area contributed by atoms with Crippen molar-refractivity contribution in [2.75, 3.05) is 0 Å². The summed E-state index contributed by atoms with van der Waals surface area (Å²) in [6, 6.07) is 76.7. The van der Waals surface area contributed by atoms with Gasteiger partial charge in [-0.25, -0.2) is 4.98 Å². The van der Waals surface area contributed by atoms with Crippen LogP contribution in [0.4, 0.5) is 0 Å². The molecule has 5 nitrogen and oxygen atoms in total. The molecule has 0 bridgehead atoms. The maximum atomic E-state index is 7.04. The number of imidazole rings is 1. The second-order valence-corrected chi connectivity index (χ2v) is 23.1. The molecule has 0 spiro atoms. The van der Waals surface area contributed by atoms with Gasteiger partial charge in [0, 0.05) is 61.3 Å². The molecule has 76 heavy (non-hydrogen) atoms. The molecule has 0 aliphatic heterocycles. The fraction of sp³-hybridized carbons (Fsp3) is 0.200. The molecular weight excluding hydrogens is 1110 g/mol. The van der Waals surface area contributed by atoms with E-state index in [0.29, 0.717) is 11.5 Å². The van der Waals surface area contributed by atoms with Gasteiger partial charge in [-0.05, 0) is 96.7 Å². The summed E-state index contributed by atoms with van der Waals surface area (Å²) >= 11 is 0. The summed E-state index contributed by atoms with van der Waals surface area (Å²) in [4.78, 5) is 4.98. The Morgan fingerprint density at radius 2 is 1.04 bits per heavy atom. The average molecular weight is 1170 g/mol. The number of aromatic nitrogens is 4. The number of benzene rings is 8. The first-order valence-corrected chi connectivity index (χ1v) is 26.1. The fourth-order valence-electron chi connectivity index (χ4n) is 10.4.